The molecule has 0 atom stereocenters. The number of nitrogens with one attached hydrogen (secondary N) is 2. The van der Waals surface area contributed by atoms with Crippen molar-refractivity contribution < 1.29 is 14.3 Å². The summed E-state index contributed by atoms with van der Waals surface area (Å²) in [6.07, 6.45) is 0.647. The molecule has 162 valence electrons. The van der Waals surface area contributed by atoms with E-state index in [4.69, 9.17) is 9.47 Å². The maximum Gasteiger partial charge on any atom is 0.251 e. The number of hydrogen-bond acceptors (Lipinski definition) is 4. The number of carbonyl (C=O) groups is 1. The minimum atomic E-state index is -0.139. The second kappa shape index (κ2) is 10.4. The number of rotatable bonds is 9. The van der Waals surface area contributed by atoms with Crippen molar-refractivity contribution in [1.82, 2.24) is 15.5 Å². The standard InChI is InChI=1S/C26H25N3O3/c1-31-18-32-25-14-8-5-11-20(25)15-16-27-26(30)22-13-7-6-12-21(22)24-17-23(28-29-24)19-9-3-2-4-10-19/h2-14,17H,15-16,18H2,1H3,(H,27,30)(H,28,29). The molecule has 0 radical (unpaired) electrons. The van der Waals surface area contributed by atoms with Gasteiger partial charge < -0.3 is 14.8 Å². The van der Waals surface area contributed by atoms with Crippen LogP contribution in [-0.4, -0.2) is 36.6 Å². The Balaban J connectivity index is 1.45. The van der Waals surface area contributed by atoms with Crippen molar-refractivity contribution >= 4 is 5.91 Å². The summed E-state index contributed by atoms with van der Waals surface area (Å²) < 4.78 is 10.6. The molecule has 1 heterocycles. The molecule has 0 saturated carbocycles. The number of ether oxygens (including phenoxy) is 2. The van der Waals surface area contributed by atoms with Crippen molar-refractivity contribution in [2.24, 2.45) is 0 Å². The molecule has 4 aromatic rings. The first-order valence-electron chi connectivity index (χ1n) is 10.4. The van der Waals surface area contributed by atoms with Crippen molar-refractivity contribution in [2.75, 3.05) is 20.4 Å². The van der Waals surface area contributed by atoms with Gasteiger partial charge in [0.2, 0.25) is 0 Å². The van der Waals surface area contributed by atoms with E-state index in [9.17, 15) is 4.79 Å². The van der Waals surface area contributed by atoms with E-state index in [1.54, 1.807) is 7.11 Å². The van der Waals surface area contributed by atoms with Crippen LogP contribution in [0.5, 0.6) is 5.75 Å². The molecule has 0 aliphatic heterocycles. The summed E-state index contributed by atoms with van der Waals surface area (Å²) in [6.45, 7) is 0.668. The van der Waals surface area contributed by atoms with Crippen molar-refractivity contribution in [3.63, 3.8) is 0 Å². The van der Waals surface area contributed by atoms with E-state index < -0.39 is 0 Å². The zero-order valence-corrected chi connectivity index (χ0v) is 17.9. The molecule has 4 rings (SSSR count). The normalized spacial score (nSPS) is 10.7. The summed E-state index contributed by atoms with van der Waals surface area (Å²) in [4.78, 5) is 13.0. The number of carbonyl (C=O) groups excluding carboxylic acids is 1. The molecular weight excluding hydrogens is 402 g/mol. The zero-order chi connectivity index (χ0) is 22.2. The van der Waals surface area contributed by atoms with E-state index in [0.717, 1.165) is 33.8 Å². The molecule has 0 saturated heterocycles. The zero-order valence-electron chi connectivity index (χ0n) is 17.9. The van der Waals surface area contributed by atoms with Gasteiger partial charge in [0.25, 0.3) is 5.91 Å². The molecule has 1 aromatic heterocycles. The molecule has 0 aliphatic carbocycles. The number of nitrogens with zero attached hydrogens (tertiary/aromatic N) is 1. The van der Waals surface area contributed by atoms with Crippen LogP contribution in [0.3, 0.4) is 0 Å². The first-order valence-corrected chi connectivity index (χ1v) is 10.4. The van der Waals surface area contributed by atoms with Crippen molar-refractivity contribution in [2.45, 2.75) is 6.42 Å². The van der Waals surface area contributed by atoms with E-state index >= 15 is 0 Å². The van der Waals surface area contributed by atoms with Gasteiger partial charge in [-0.25, -0.2) is 0 Å². The Morgan fingerprint density at radius 1 is 0.969 bits per heavy atom. The maximum absolute atomic E-state index is 13.0. The molecule has 3 aromatic carbocycles. The lowest BCUT2D eigenvalue weighted by Crippen LogP contribution is -2.26. The topological polar surface area (TPSA) is 76.2 Å². The quantitative estimate of drug-likeness (QED) is 0.380. The fourth-order valence-corrected chi connectivity index (χ4v) is 3.51. The highest BCUT2D eigenvalue weighted by atomic mass is 16.7. The molecule has 0 spiro atoms. The fourth-order valence-electron chi connectivity index (χ4n) is 3.51. The Kier molecular flexibility index (Phi) is 6.94. The highest BCUT2D eigenvalue weighted by Crippen LogP contribution is 2.26. The molecular formula is C26H25N3O3. The molecule has 0 aliphatic rings. The third kappa shape index (κ3) is 5.04. The van der Waals surface area contributed by atoms with Gasteiger partial charge in [0.1, 0.15) is 5.75 Å². The van der Waals surface area contributed by atoms with E-state index in [2.05, 4.69) is 15.5 Å². The minimum Gasteiger partial charge on any atom is -0.467 e. The van der Waals surface area contributed by atoms with Crippen LogP contribution in [0, 0.1) is 0 Å². The van der Waals surface area contributed by atoms with Crippen molar-refractivity contribution in [1.29, 1.82) is 0 Å². The van der Waals surface area contributed by atoms with Gasteiger partial charge >= 0.3 is 0 Å². The van der Waals surface area contributed by atoms with Gasteiger partial charge in [0.05, 0.1) is 11.4 Å². The molecule has 6 heteroatoms. The second-order valence-corrected chi connectivity index (χ2v) is 7.24. The average Bonchev–Trinajstić information content (AvgIpc) is 3.34. The molecule has 6 nitrogen and oxygen atoms in total. The first-order chi connectivity index (χ1) is 15.8. The molecule has 0 bridgehead atoms. The Labute approximate surface area is 187 Å². The van der Waals surface area contributed by atoms with Crippen LogP contribution in [0.15, 0.2) is 84.9 Å². The third-order valence-electron chi connectivity index (χ3n) is 5.10. The minimum absolute atomic E-state index is 0.139. The van der Waals surface area contributed by atoms with Gasteiger partial charge in [-0.1, -0.05) is 66.7 Å². The number of para-hydroxylation sites is 1. The van der Waals surface area contributed by atoms with Gasteiger partial charge in [0.15, 0.2) is 6.79 Å². The van der Waals surface area contributed by atoms with E-state index in [0.29, 0.717) is 18.5 Å². The van der Waals surface area contributed by atoms with Gasteiger partial charge in [-0.2, -0.15) is 5.10 Å². The predicted molar refractivity (Wildman–Crippen MR) is 124 cm³/mol. The van der Waals surface area contributed by atoms with E-state index in [1.807, 2.05) is 84.9 Å². The van der Waals surface area contributed by atoms with Crippen LogP contribution in [0.4, 0.5) is 0 Å². The fraction of sp³-hybridized carbons (Fsp3) is 0.154. The Morgan fingerprint density at radius 3 is 2.56 bits per heavy atom. The maximum atomic E-state index is 13.0. The van der Waals surface area contributed by atoms with Gasteiger partial charge in [0, 0.05) is 24.8 Å². The Hall–Kier alpha value is -3.90. The van der Waals surface area contributed by atoms with Crippen LogP contribution in [0.2, 0.25) is 0 Å². The van der Waals surface area contributed by atoms with Crippen LogP contribution >= 0.6 is 0 Å². The average molecular weight is 428 g/mol. The molecule has 32 heavy (non-hydrogen) atoms. The lowest BCUT2D eigenvalue weighted by atomic mass is 10.0. The van der Waals surface area contributed by atoms with E-state index in [1.165, 1.54) is 0 Å². The number of hydrogen-bond donors (Lipinski definition) is 2. The Morgan fingerprint density at radius 2 is 1.72 bits per heavy atom. The number of methoxy groups -OCH3 is 1. The SMILES string of the molecule is COCOc1ccccc1CCNC(=O)c1ccccc1-c1cc(-c2ccccc2)[nH]n1. The summed E-state index contributed by atoms with van der Waals surface area (Å²) in [5.74, 6) is 0.620. The van der Waals surface area contributed by atoms with Gasteiger partial charge in [-0.15, -0.1) is 0 Å². The number of benzene rings is 3. The third-order valence-corrected chi connectivity index (χ3v) is 5.10. The van der Waals surface area contributed by atoms with E-state index in [-0.39, 0.29) is 12.7 Å². The molecule has 0 fully saturated rings. The van der Waals surface area contributed by atoms with Gasteiger partial charge in [-0.05, 0) is 35.7 Å². The summed E-state index contributed by atoms with van der Waals surface area (Å²) in [6, 6.07) is 27.2. The van der Waals surface area contributed by atoms with Crippen LogP contribution in [0.25, 0.3) is 22.5 Å². The van der Waals surface area contributed by atoms with Crippen LogP contribution in [-0.2, 0) is 11.2 Å². The summed E-state index contributed by atoms with van der Waals surface area (Å²) in [5, 5.41) is 10.5. The lowest BCUT2D eigenvalue weighted by Gasteiger charge is -2.12. The summed E-state index contributed by atoms with van der Waals surface area (Å²) in [7, 11) is 1.59. The molecule has 2 N–H and O–H groups in total. The summed E-state index contributed by atoms with van der Waals surface area (Å²) in [5.41, 5.74) is 5.06. The highest BCUT2D eigenvalue weighted by Gasteiger charge is 2.15. The highest BCUT2D eigenvalue weighted by molar-refractivity contribution is 6.00. The van der Waals surface area contributed by atoms with Crippen molar-refractivity contribution in [3.05, 3.63) is 96.1 Å². The molecule has 1 amide bonds. The monoisotopic (exact) mass is 427 g/mol. The number of amides is 1. The molecule has 0 unspecified atom stereocenters. The largest absolute Gasteiger partial charge is 0.467 e. The lowest BCUT2D eigenvalue weighted by molar-refractivity contribution is 0.0504. The smallest absolute Gasteiger partial charge is 0.251 e. The first kappa shape index (κ1) is 21.3. The number of aromatic amines is 1. The number of H-pyrrole nitrogens is 1. The second-order valence-electron chi connectivity index (χ2n) is 7.24. The summed E-state index contributed by atoms with van der Waals surface area (Å²) >= 11 is 0. The number of aromatic nitrogens is 2. The predicted octanol–water partition coefficient (Wildman–Crippen LogP) is 4.70. The van der Waals surface area contributed by atoms with Crippen LogP contribution < -0.4 is 10.1 Å². The van der Waals surface area contributed by atoms with Crippen LogP contribution in [0.1, 0.15) is 15.9 Å². The van der Waals surface area contributed by atoms with Gasteiger partial charge in [-0.3, -0.25) is 9.89 Å². The Bertz CT molecular complexity index is 1170. The van der Waals surface area contributed by atoms with Crippen molar-refractivity contribution in [3.8, 4) is 28.3 Å².